The van der Waals surface area contributed by atoms with Crippen LogP contribution in [0.1, 0.15) is 22.3 Å². The summed E-state index contributed by atoms with van der Waals surface area (Å²) in [5.74, 6) is 0.0297. The Kier molecular flexibility index (Phi) is 4.84. The van der Waals surface area contributed by atoms with Gasteiger partial charge in [0.15, 0.2) is 0 Å². The summed E-state index contributed by atoms with van der Waals surface area (Å²) in [5.41, 5.74) is 4.64. The van der Waals surface area contributed by atoms with Gasteiger partial charge in [-0.1, -0.05) is 54.1 Å². The summed E-state index contributed by atoms with van der Waals surface area (Å²) >= 11 is 0. The normalized spacial score (nSPS) is 22.0. The molecule has 2 fully saturated rings. The highest BCUT2D eigenvalue weighted by Crippen LogP contribution is 2.28. The molecular formula is C23H27N3O2. The van der Waals surface area contributed by atoms with Gasteiger partial charge in [-0.25, -0.2) is 4.79 Å². The number of carbonyl (C=O) groups is 2. The third-order valence-electron chi connectivity index (χ3n) is 5.94. The molecule has 4 rings (SSSR count). The van der Waals surface area contributed by atoms with Crippen molar-refractivity contribution in [2.45, 2.75) is 38.9 Å². The van der Waals surface area contributed by atoms with E-state index in [0.29, 0.717) is 26.1 Å². The minimum absolute atomic E-state index is 0.0201. The number of hydrogen-bond donors (Lipinski definition) is 0. The monoisotopic (exact) mass is 377 g/mol. The fraction of sp³-hybridized carbons (Fsp3) is 0.391. The standard InChI is InChI=1S/C23H27N3O2/c1-16-9-10-17(2)19(11-16)13-25-15-20-14-24(3)22(27)21(26(20)23(25)28)12-18-7-5-4-6-8-18/h4-11,20-21H,12-15H2,1-3H3/t20-,21+/m1/s1. The van der Waals surface area contributed by atoms with Crippen molar-refractivity contribution in [1.82, 2.24) is 14.7 Å². The number of hydrogen-bond acceptors (Lipinski definition) is 2. The van der Waals surface area contributed by atoms with E-state index in [4.69, 9.17) is 0 Å². The highest BCUT2D eigenvalue weighted by molar-refractivity contribution is 5.90. The lowest BCUT2D eigenvalue weighted by Gasteiger charge is -2.40. The molecule has 2 atom stereocenters. The third kappa shape index (κ3) is 3.37. The Balaban J connectivity index is 1.58. The van der Waals surface area contributed by atoms with Gasteiger partial charge in [-0.15, -0.1) is 0 Å². The van der Waals surface area contributed by atoms with Crippen molar-refractivity contribution in [2.24, 2.45) is 0 Å². The van der Waals surface area contributed by atoms with Crippen LogP contribution in [0.2, 0.25) is 0 Å². The average molecular weight is 377 g/mol. The van der Waals surface area contributed by atoms with E-state index in [-0.39, 0.29) is 18.0 Å². The number of urea groups is 1. The fourth-order valence-electron chi connectivity index (χ4n) is 4.38. The molecular weight excluding hydrogens is 350 g/mol. The highest BCUT2D eigenvalue weighted by Gasteiger charge is 2.48. The molecule has 5 nitrogen and oxygen atoms in total. The number of nitrogens with zero attached hydrogens (tertiary/aromatic N) is 3. The summed E-state index contributed by atoms with van der Waals surface area (Å²) in [6.45, 7) is 6.00. The van der Waals surface area contributed by atoms with Gasteiger partial charge in [0.25, 0.3) is 0 Å². The van der Waals surface area contributed by atoms with E-state index in [1.807, 2.05) is 47.2 Å². The SMILES string of the molecule is Cc1ccc(C)c(CN2C[C@H]3CN(C)C(=O)[C@H](Cc4ccccc4)N3C2=O)c1. The maximum atomic E-state index is 13.3. The molecule has 2 saturated heterocycles. The van der Waals surface area contributed by atoms with Crippen LogP contribution in [-0.4, -0.2) is 58.9 Å². The predicted molar refractivity (Wildman–Crippen MR) is 109 cm³/mol. The van der Waals surface area contributed by atoms with E-state index >= 15 is 0 Å². The average Bonchev–Trinajstić information content (AvgIpc) is 2.98. The first-order chi connectivity index (χ1) is 13.4. The lowest BCUT2D eigenvalue weighted by Crippen LogP contribution is -2.60. The van der Waals surface area contributed by atoms with Crippen LogP contribution < -0.4 is 0 Å². The Bertz CT molecular complexity index is 896. The van der Waals surface area contributed by atoms with Gasteiger partial charge >= 0.3 is 6.03 Å². The smallest absolute Gasteiger partial charge is 0.321 e. The minimum atomic E-state index is -0.428. The Hall–Kier alpha value is -2.82. The molecule has 146 valence electrons. The first-order valence-electron chi connectivity index (χ1n) is 9.86. The Labute approximate surface area is 166 Å². The highest BCUT2D eigenvalue weighted by atomic mass is 16.2. The fourth-order valence-corrected chi connectivity index (χ4v) is 4.38. The molecule has 5 heteroatoms. The van der Waals surface area contributed by atoms with E-state index < -0.39 is 6.04 Å². The van der Waals surface area contributed by atoms with E-state index in [1.165, 1.54) is 16.7 Å². The largest absolute Gasteiger partial charge is 0.342 e. The topological polar surface area (TPSA) is 43.9 Å². The van der Waals surface area contributed by atoms with Crippen LogP contribution in [0.3, 0.4) is 0 Å². The van der Waals surface area contributed by atoms with Crippen LogP contribution in [0.5, 0.6) is 0 Å². The molecule has 3 amide bonds. The predicted octanol–water partition coefficient (Wildman–Crippen LogP) is 2.99. The molecule has 0 aliphatic carbocycles. The molecule has 0 saturated carbocycles. The molecule has 0 spiro atoms. The second-order valence-corrected chi connectivity index (χ2v) is 8.08. The zero-order valence-corrected chi connectivity index (χ0v) is 16.8. The van der Waals surface area contributed by atoms with Gasteiger partial charge in [-0.3, -0.25) is 4.79 Å². The van der Waals surface area contributed by atoms with Crippen LogP contribution in [0.25, 0.3) is 0 Å². The van der Waals surface area contributed by atoms with Crippen molar-refractivity contribution >= 4 is 11.9 Å². The van der Waals surface area contributed by atoms with Crippen molar-refractivity contribution in [2.75, 3.05) is 20.1 Å². The quantitative estimate of drug-likeness (QED) is 0.822. The van der Waals surface area contributed by atoms with Gasteiger partial charge in [0, 0.05) is 33.1 Å². The number of amides is 3. The molecule has 2 aromatic carbocycles. The van der Waals surface area contributed by atoms with Crippen molar-refractivity contribution < 1.29 is 9.59 Å². The summed E-state index contributed by atoms with van der Waals surface area (Å²) in [5, 5.41) is 0. The number of piperazine rings is 1. The van der Waals surface area contributed by atoms with Gasteiger partial charge in [-0.05, 0) is 30.5 Å². The molecule has 0 bridgehead atoms. The summed E-state index contributed by atoms with van der Waals surface area (Å²) in [6.07, 6.45) is 0.559. The molecule has 0 aromatic heterocycles. The number of fused-ring (bicyclic) bond motifs is 1. The number of carbonyl (C=O) groups excluding carboxylic acids is 2. The van der Waals surface area contributed by atoms with Gasteiger partial charge in [0.1, 0.15) is 6.04 Å². The van der Waals surface area contributed by atoms with Gasteiger partial charge in [0.2, 0.25) is 5.91 Å². The maximum Gasteiger partial charge on any atom is 0.321 e. The lowest BCUT2D eigenvalue weighted by molar-refractivity contribution is -0.139. The van der Waals surface area contributed by atoms with Crippen LogP contribution in [-0.2, 0) is 17.8 Å². The van der Waals surface area contributed by atoms with Crippen LogP contribution in [0.4, 0.5) is 4.79 Å². The van der Waals surface area contributed by atoms with E-state index in [9.17, 15) is 9.59 Å². The summed E-state index contributed by atoms with van der Waals surface area (Å²) < 4.78 is 0. The first kappa shape index (κ1) is 18.5. The first-order valence-corrected chi connectivity index (χ1v) is 9.86. The molecule has 2 aliphatic heterocycles. The van der Waals surface area contributed by atoms with Crippen molar-refractivity contribution in [3.8, 4) is 0 Å². The Morgan fingerprint density at radius 1 is 1.00 bits per heavy atom. The maximum absolute atomic E-state index is 13.3. The lowest BCUT2D eigenvalue weighted by atomic mass is 9.99. The molecule has 0 radical (unpaired) electrons. The number of rotatable bonds is 4. The van der Waals surface area contributed by atoms with E-state index in [1.54, 1.807) is 4.90 Å². The molecule has 2 aromatic rings. The summed E-state index contributed by atoms with van der Waals surface area (Å²) in [4.78, 5) is 31.7. The number of likely N-dealkylation sites (N-methyl/N-ethyl adjacent to an activating group) is 1. The van der Waals surface area contributed by atoms with Crippen LogP contribution in [0.15, 0.2) is 48.5 Å². The second kappa shape index (κ2) is 7.30. The van der Waals surface area contributed by atoms with Crippen molar-refractivity contribution in [3.05, 3.63) is 70.8 Å². The number of benzene rings is 2. The molecule has 28 heavy (non-hydrogen) atoms. The molecule has 2 heterocycles. The minimum Gasteiger partial charge on any atom is -0.342 e. The zero-order chi connectivity index (χ0) is 19.8. The number of aryl methyl sites for hydroxylation is 2. The van der Waals surface area contributed by atoms with Crippen LogP contribution >= 0.6 is 0 Å². The second-order valence-electron chi connectivity index (χ2n) is 8.08. The Morgan fingerprint density at radius 3 is 2.50 bits per heavy atom. The third-order valence-corrected chi connectivity index (χ3v) is 5.94. The molecule has 0 unspecified atom stereocenters. The van der Waals surface area contributed by atoms with Crippen molar-refractivity contribution in [3.63, 3.8) is 0 Å². The molecule has 0 N–H and O–H groups in total. The van der Waals surface area contributed by atoms with Crippen LogP contribution in [0, 0.1) is 13.8 Å². The van der Waals surface area contributed by atoms with Gasteiger partial charge < -0.3 is 14.7 Å². The van der Waals surface area contributed by atoms with Gasteiger partial charge in [0.05, 0.1) is 6.04 Å². The van der Waals surface area contributed by atoms with E-state index in [2.05, 4.69) is 32.0 Å². The van der Waals surface area contributed by atoms with Gasteiger partial charge in [-0.2, -0.15) is 0 Å². The van der Waals surface area contributed by atoms with Crippen molar-refractivity contribution in [1.29, 1.82) is 0 Å². The zero-order valence-electron chi connectivity index (χ0n) is 16.8. The van der Waals surface area contributed by atoms with E-state index in [0.717, 1.165) is 5.56 Å². The summed E-state index contributed by atoms with van der Waals surface area (Å²) in [7, 11) is 1.84. The summed E-state index contributed by atoms with van der Waals surface area (Å²) in [6, 6.07) is 15.9. The molecule has 2 aliphatic rings. The Morgan fingerprint density at radius 2 is 1.75 bits per heavy atom.